The maximum Gasteiger partial charge on any atom is 0.123 e. The monoisotopic (exact) mass is 380 g/mol. The van der Waals surface area contributed by atoms with Crippen molar-refractivity contribution in [3.05, 3.63) is 107 Å². The van der Waals surface area contributed by atoms with E-state index >= 15 is 0 Å². The van der Waals surface area contributed by atoms with Crippen molar-refractivity contribution in [3.63, 3.8) is 0 Å². The standard InChI is InChI=1S/C23H19F3N2/c24-18-7-1-4-15(12-18)10-11-21-27-22(16-5-2-8-19(25)13-16)23(28-21)17-6-3-9-20(26)14-17/h1-9,12-14,22-23H,10-11H2,(H,27,28)/t22-,23+. The highest BCUT2D eigenvalue weighted by Crippen LogP contribution is 2.37. The molecule has 1 aliphatic rings. The lowest BCUT2D eigenvalue weighted by molar-refractivity contribution is 0.555. The number of hydrogen-bond donors (Lipinski definition) is 1. The van der Waals surface area contributed by atoms with Gasteiger partial charge in [0.25, 0.3) is 0 Å². The van der Waals surface area contributed by atoms with Crippen LogP contribution in [-0.2, 0) is 6.42 Å². The number of nitrogens with zero attached hydrogens (tertiary/aromatic N) is 1. The molecule has 0 saturated carbocycles. The predicted octanol–water partition coefficient (Wildman–Crippen LogP) is 5.52. The zero-order chi connectivity index (χ0) is 19.5. The van der Waals surface area contributed by atoms with Crippen molar-refractivity contribution in [3.8, 4) is 0 Å². The van der Waals surface area contributed by atoms with Gasteiger partial charge >= 0.3 is 0 Å². The fourth-order valence-corrected chi connectivity index (χ4v) is 3.55. The molecular formula is C23H19F3N2. The summed E-state index contributed by atoms with van der Waals surface area (Å²) in [5.41, 5.74) is 2.35. The summed E-state index contributed by atoms with van der Waals surface area (Å²) in [5, 5.41) is 3.35. The van der Waals surface area contributed by atoms with Crippen molar-refractivity contribution < 1.29 is 13.2 Å². The van der Waals surface area contributed by atoms with Crippen LogP contribution >= 0.6 is 0 Å². The number of halogens is 3. The Morgan fingerprint density at radius 3 is 2.00 bits per heavy atom. The van der Waals surface area contributed by atoms with Gasteiger partial charge < -0.3 is 5.32 Å². The first kappa shape index (κ1) is 18.3. The summed E-state index contributed by atoms with van der Waals surface area (Å²) >= 11 is 0. The van der Waals surface area contributed by atoms with E-state index in [1.807, 2.05) is 18.2 Å². The van der Waals surface area contributed by atoms with Gasteiger partial charge in [-0.1, -0.05) is 36.4 Å². The van der Waals surface area contributed by atoms with Crippen LogP contribution in [0.4, 0.5) is 13.2 Å². The minimum atomic E-state index is -0.361. The van der Waals surface area contributed by atoms with Crippen molar-refractivity contribution in [2.75, 3.05) is 0 Å². The smallest absolute Gasteiger partial charge is 0.123 e. The molecule has 0 radical (unpaired) electrons. The molecule has 0 aromatic heterocycles. The maximum absolute atomic E-state index is 13.8. The molecule has 0 aliphatic carbocycles. The van der Waals surface area contributed by atoms with Crippen LogP contribution in [0.25, 0.3) is 0 Å². The van der Waals surface area contributed by atoms with Gasteiger partial charge in [0.1, 0.15) is 23.5 Å². The zero-order valence-electron chi connectivity index (χ0n) is 15.1. The number of nitrogens with one attached hydrogen (secondary N) is 1. The van der Waals surface area contributed by atoms with E-state index in [0.717, 1.165) is 22.5 Å². The first-order chi connectivity index (χ1) is 13.6. The first-order valence-electron chi connectivity index (χ1n) is 9.17. The molecule has 3 aromatic carbocycles. The highest BCUT2D eigenvalue weighted by atomic mass is 19.1. The second kappa shape index (κ2) is 7.89. The largest absolute Gasteiger partial charge is 0.364 e. The van der Waals surface area contributed by atoms with Gasteiger partial charge in [0.2, 0.25) is 0 Å². The van der Waals surface area contributed by atoms with Crippen molar-refractivity contribution in [1.82, 2.24) is 5.32 Å². The SMILES string of the molecule is Fc1cccc(CCC2=N[C@@H](c3cccc(F)c3)[C@@H](c3cccc(F)c3)N2)c1. The second-order valence-electron chi connectivity index (χ2n) is 6.88. The van der Waals surface area contributed by atoms with E-state index < -0.39 is 0 Å². The van der Waals surface area contributed by atoms with Gasteiger partial charge in [-0.25, -0.2) is 13.2 Å². The third-order valence-electron chi connectivity index (χ3n) is 4.87. The minimum Gasteiger partial charge on any atom is -0.364 e. The molecule has 1 aliphatic heterocycles. The zero-order valence-corrected chi connectivity index (χ0v) is 15.1. The Morgan fingerprint density at radius 2 is 1.32 bits per heavy atom. The Bertz CT molecular complexity index is 1020. The van der Waals surface area contributed by atoms with Crippen LogP contribution in [0.15, 0.2) is 77.8 Å². The van der Waals surface area contributed by atoms with Gasteiger partial charge in [-0.2, -0.15) is 0 Å². The average molecular weight is 380 g/mol. The highest BCUT2D eigenvalue weighted by molar-refractivity contribution is 5.85. The van der Waals surface area contributed by atoms with E-state index in [2.05, 4.69) is 5.32 Å². The molecule has 0 fully saturated rings. The summed E-state index contributed by atoms with van der Waals surface area (Å²) in [6, 6.07) is 18.5. The molecule has 5 heteroatoms. The molecule has 0 amide bonds. The third kappa shape index (κ3) is 4.09. The van der Waals surface area contributed by atoms with Crippen LogP contribution < -0.4 is 5.32 Å². The molecule has 4 rings (SSSR count). The molecule has 2 nitrogen and oxygen atoms in total. The molecule has 0 bridgehead atoms. The normalized spacial score (nSPS) is 18.6. The lowest BCUT2D eigenvalue weighted by Gasteiger charge is -2.20. The molecule has 3 aromatic rings. The summed E-state index contributed by atoms with van der Waals surface area (Å²) < 4.78 is 40.9. The number of amidine groups is 1. The maximum atomic E-state index is 13.8. The number of aryl methyl sites for hydroxylation is 1. The molecule has 0 spiro atoms. The number of hydrogen-bond acceptors (Lipinski definition) is 2. The van der Waals surface area contributed by atoms with Crippen molar-refractivity contribution >= 4 is 5.84 Å². The van der Waals surface area contributed by atoms with E-state index in [-0.39, 0.29) is 29.5 Å². The summed E-state index contributed by atoms with van der Waals surface area (Å²) in [5.74, 6) is -0.189. The molecule has 1 N–H and O–H groups in total. The van der Waals surface area contributed by atoms with Crippen molar-refractivity contribution in [2.24, 2.45) is 4.99 Å². The first-order valence-corrected chi connectivity index (χ1v) is 9.17. The summed E-state index contributed by atoms with van der Waals surface area (Å²) in [6.07, 6.45) is 1.20. The predicted molar refractivity (Wildman–Crippen MR) is 104 cm³/mol. The van der Waals surface area contributed by atoms with Crippen LogP contribution in [0.3, 0.4) is 0 Å². The molecule has 1 heterocycles. The number of rotatable bonds is 5. The Kier molecular flexibility index (Phi) is 5.15. The fourth-order valence-electron chi connectivity index (χ4n) is 3.55. The Balaban J connectivity index is 1.60. The quantitative estimate of drug-likeness (QED) is 0.619. The van der Waals surface area contributed by atoms with E-state index in [9.17, 15) is 13.2 Å². The van der Waals surface area contributed by atoms with Gasteiger partial charge in [0.05, 0.1) is 11.9 Å². The topological polar surface area (TPSA) is 24.4 Å². The Labute approximate surface area is 161 Å². The summed E-state index contributed by atoms with van der Waals surface area (Å²) in [6.45, 7) is 0. The van der Waals surface area contributed by atoms with E-state index in [1.165, 1.54) is 36.4 Å². The third-order valence-corrected chi connectivity index (χ3v) is 4.87. The second-order valence-corrected chi connectivity index (χ2v) is 6.88. The highest BCUT2D eigenvalue weighted by Gasteiger charge is 2.31. The van der Waals surface area contributed by atoms with Crippen molar-refractivity contribution in [2.45, 2.75) is 24.9 Å². The Morgan fingerprint density at radius 1 is 0.714 bits per heavy atom. The number of benzene rings is 3. The number of aliphatic imine (C=N–C) groups is 1. The molecule has 142 valence electrons. The van der Waals surface area contributed by atoms with Crippen LogP contribution in [0.1, 0.15) is 35.2 Å². The fraction of sp³-hybridized carbons (Fsp3) is 0.174. The van der Waals surface area contributed by atoms with Crippen LogP contribution in [-0.4, -0.2) is 5.84 Å². The van der Waals surface area contributed by atoms with Crippen LogP contribution in [0.2, 0.25) is 0 Å². The van der Waals surface area contributed by atoms with E-state index in [0.29, 0.717) is 12.8 Å². The van der Waals surface area contributed by atoms with E-state index in [1.54, 1.807) is 18.2 Å². The van der Waals surface area contributed by atoms with Crippen molar-refractivity contribution in [1.29, 1.82) is 0 Å². The van der Waals surface area contributed by atoms with E-state index in [4.69, 9.17) is 4.99 Å². The van der Waals surface area contributed by atoms with Gasteiger partial charge in [-0.15, -0.1) is 0 Å². The van der Waals surface area contributed by atoms with Crippen LogP contribution in [0, 0.1) is 17.5 Å². The van der Waals surface area contributed by atoms with Gasteiger partial charge in [0, 0.05) is 6.42 Å². The lowest BCUT2D eigenvalue weighted by Crippen LogP contribution is -2.24. The molecule has 0 saturated heterocycles. The van der Waals surface area contributed by atoms with Gasteiger partial charge in [-0.3, -0.25) is 4.99 Å². The Hall–Kier alpha value is -3.08. The molecular weight excluding hydrogens is 361 g/mol. The summed E-state index contributed by atoms with van der Waals surface area (Å²) in [7, 11) is 0. The molecule has 2 atom stereocenters. The minimum absolute atomic E-state index is 0.269. The van der Waals surface area contributed by atoms with Gasteiger partial charge in [0.15, 0.2) is 0 Å². The molecule has 0 unspecified atom stereocenters. The average Bonchev–Trinajstić information content (AvgIpc) is 3.11. The van der Waals surface area contributed by atoms with Crippen LogP contribution in [0.5, 0.6) is 0 Å². The van der Waals surface area contributed by atoms with Gasteiger partial charge in [-0.05, 0) is 59.5 Å². The lowest BCUT2D eigenvalue weighted by atomic mass is 9.95. The molecule has 28 heavy (non-hydrogen) atoms. The summed E-state index contributed by atoms with van der Waals surface area (Å²) in [4.78, 5) is 4.75.